The van der Waals surface area contributed by atoms with Gasteiger partial charge in [0.2, 0.25) is 0 Å². The van der Waals surface area contributed by atoms with E-state index in [2.05, 4.69) is 15.3 Å². The summed E-state index contributed by atoms with van der Waals surface area (Å²) < 4.78 is 21.4. The van der Waals surface area contributed by atoms with Crippen LogP contribution in [0.3, 0.4) is 0 Å². The SMILES string of the molecule is Cc1ccc(C(NC(=O)c2nn(C)c3c2CN(C2CCOCC2)C3)c2cc(F)ccc2O)cc1. The molecule has 1 saturated heterocycles. The molecule has 2 aliphatic heterocycles. The lowest BCUT2D eigenvalue weighted by Gasteiger charge is -2.30. The number of phenolic OH excluding ortho intramolecular Hbond substituents is 1. The number of amides is 1. The maximum absolute atomic E-state index is 14.1. The number of aromatic nitrogens is 2. The Morgan fingerprint density at radius 3 is 2.65 bits per heavy atom. The Balaban J connectivity index is 1.44. The lowest BCUT2D eigenvalue weighted by molar-refractivity contribution is 0.0318. The molecule has 178 valence electrons. The van der Waals surface area contributed by atoms with E-state index >= 15 is 0 Å². The van der Waals surface area contributed by atoms with Crippen molar-refractivity contribution in [1.29, 1.82) is 0 Å². The van der Waals surface area contributed by atoms with Crippen LogP contribution in [-0.2, 0) is 24.9 Å². The van der Waals surface area contributed by atoms with Crippen LogP contribution in [0.15, 0.2) is 42.5 Å². The number of carbonyl (C=O) groups is 1. The third-order valence-corrected chi connectivity index (χ3v) is 6.90. The number of benzene rings is 2. The average molecular weight is 465 g/mol. The highest BCUT2D eigenvalue weighted by molar-refractivity contribution is 5.94. The standard InChI is InChI=1S/C26H29FN4O3/c1-16-3-5-17(6-4-16)24(20-13-18(27)7-8-23(20)32)28-26(33)25-21-14-31(15-22(21)30(2)29-25)19-9-11-34-12-10-19/h3-8,13,19,24,32H,9-12,14-15H2,1-2H3,(H,28,33). The number of halogens is 1. The van der Waals surface area contributed by atoms with E-state index in [0.717, 1.165) is 55.0 Å². The van der Waals surface area contributed by atoms with Crippen LogP contribution in [0.25, 0.3) is 0 Å². The first-order valence-corrected chi connectivity index (χ1v) is 11.6. The van der Waals surface area contributed by atoms with Crippen LogP contribution in [0.5, 0.6) is 5.75 Å². The summed E-state index contributed by atoms with van der Waals surface area (Å²) in [6, 6.07) is 11.1. The minimum atomic E-state index is -0.727. The molecule has 2 aliphatic rings. The monoisotopic (exact) mass is 464 g/mol. The van der Waals surface area contributed by atoms with Crippen molar-refractivity contribution in [2.45, 2.75) is 44.9 Å². The van der Waals surface area contributed by atoms with Crippen LogP contribution in [0.2, 0.25) is 0 Å². The highest BCUT2D eigenvalue weighted by Crippen LogP contribution is 2.33. The zero-order valence-corrected chi connectivity index (χ0v) is 19.4. The minimum Gasteiger partial charge on any atom is -0.508 e. The highest BCUT2D eigenvalue weighted by atomic mass is 19.1. The van der Waals surface area contributed by atoms with Crippen molar-refractivity contribution in [2.24, 2.45) is 7.05 Å². The molecule has 3 heterocycles. The summed E-state index contributed by atoms with van der Waals surface area (Å²) in [4.78, 5) is 15.9. The Morgan fingerprint density at radius 1 is 1.18 bits per heavy atom. The van der Waals surface area contributed by atoms with Crippen molar-refractivity contribution in [3.63, 3.8) is 0 Å². The van der Waals surface area contributed by atoms with Crippen molar-refractivity contribution in [3.8, 4) is 5.75 Å². The summed E-state index contributed by atoms with van der Waals surface area (Å²) in [6.07, 6.45) is 1.97. The van der Waals surface area contributed by atoms with Gasteiger partial charge in [-0.15, -0.1) is 0 Å². The van der Waals surface area contributed by atoms with Gasteiger partial charge < -0.3 is 15.2 Å². The first-order valence-electron chi connectivity index (χ1n) is 11.6. The number of nitrogens with zero attached hydrogens (tertiary/aromatic N) is 3. The molecule has 0 radical (unpaired) electrons. The Morgan fingerprint density at radius 2 is 1.91 bits per heavy atom. The molecule has 0 spiro atoms. The van der Waals surface area contributed by atoms with Crippen molar-refractivity contribution in [1.82, 2.24) is 20.0 Å². The number of rotatable bonds is 5. The van der Waals surface area contributed by atoms with E-state index < -0.39 is 11.9 Å². The van der Waals surface area contributed by atoms with Gasteiger partial charge in [0, 0.05) is 50.5 Å². The van der Waals surface area contributed by atoms with Crippen LogP contribution in [0, 0.1) is 12.7 Å². The number of carbonyl (C=O) groups excluding carboxylic acids is 1. The Bertz CT molecular complexity index is 1200. The van der Waals surface area contributed by atoms with Crippen LogP contribution in [0.1, 0.15) is 57.3 Å². The third kappa shape index (κ3) is 4.31. The van der Waals surface area contributed by atoms with Crippen molar-refractivity contribution < 1.29 is 19.0 Å². The molecular formula is C26H29FN4O3. The maximum Gasteiger partial charge on any atom is 0.272 e. The maximum atomic E-state index is 14.1. The molecule has 1 atom stereocenters. The molecule has 1 aromatic heterocycles. The van der Waals surface area contributed by atoms with Crippen molar-refractivity contribution >= 4 is 5.91 Å². The van der Waals surface area contributed by atoms with Gasteiger partial charge in [-0.2, -0.15) is 5.10 Å². The van der Waals surface area contributed by atoms with Gasteiger partial charge in [-0.25, -0.2) is 4.39 Å². The van der Waals surface area contributed by atoms with Gasteiger partial charge >= 0.3 is 0 Å². The van der Waals surface area contributed by atoms with Crippen LogP contribution < -0.4 is 5.32 Å². The van der Waals surface area contributed by atoms with Gasteiger partial charge in [-0.05, 0) is 43.5 Å². The van der Waals surface area contributed by atoms with E-state index in [1.165, 1.54) is 18.2 Å². The fourth-order valence-corrected chi connectivity index (χ4v) is 4.96. The summed E-state index contributed by atoms with van der Waals surface area (Å²) in [5.74, 6) is -0.908. The first-order chi connectivity index (χ1) is 16.4. The first kappa shape index (κ1) is 22.6. The number of aromatic hydroxyl groups is 1. The molecule has 0 aliphatic carbocycles. The van der Waals surface area contributed by atoms with Crippen molar-refractivity contribution in [2.75, 3.05) is 13.2 Å². The largest absolute Gasteiger partial charge is 0.508 e. The number of hydrogen-bond acceptors (Lipinski definition) is 5. The fraction of sp³-hybridized carbons (Fsp3) is 0.385. The van der Waals surface area contributed by atoms with E-state index in [0.29, 0.717) is 23.8 Å². The van der Waals surface area contributed by atoms with E-state index in [9.17, 15) is 14.3 Å². The number of aryl methyl sites for hydroxylation is 2. The molecule has 1 unspecified atom stereocenters. The van der Waals surface area contributed by atoms with Crippen LogP contribution >= 0.6 is 0 Å². The molecule has 7 nitrogen and oxygen atoms in total. The van der Waals surface area contributed by atoms with E-state index in [-0.39, 0.29) is 11.7 Å². The molecule has 0 saturated carbocycles. The summed E-state index contributed by atoms with van der Waals surface area (Å²) >= 11 is 0. The molecular weight excluding hydrogens is 435 g/mol. The van der Waals surface area contributed by atoms with E-state index in [4.69, 9.17) is 4.74 Å². The smallest absolute Gasteiger partial charge is 0.272 e. The second-order valence-corrected chi connectivity index (χ2v) is 9.17. The normalized spacial score (nSPS) is 17.5. The van der Waals surface area contributed by atoms with Gasteiger partial charge in [0.1, 0.15) is 11.6 Å². The molecule has 2 N–H and O–H groups in total. The number of phenols is 1. The van der Waals surface area contributed by atoms with Gasteiger partial charge in [0.25, 0.3) is 5.91 Å². The number of nitrogens with one attached hydrogen (secondary N) is 1. The van der Waals surface area contributed by atoms with Gasteiger partial charge in [-0.1, -0.05) is 29.8 Å². The second kappa shape index (κ2) is 9.19. The topological polar surface area (TPSA) is 79.6 Å². The second-order valence-electron chi connectivity index (χ2n) is 9.17. The zero-order valence-electron chi connectivity index (χ0n) is 19.4. The molecule has 8 heteroatoms. The van der Waals surface area contributed by atoms with Gasteiger partial charge in [0.15, 0.2) is 5.69 Å². The summed E-state index contributed by atoms with van der Waals surface area (Å²) in [5, 5.41) is 18.0. The number of hydrogen-bond donors (Lipinski definition) is 2. The molecule has 1 amide bonds. The van der Waals surface area contributed by atoms with Gasteiger partial charge in [-0.3, -0.25) is 14.4 Å². The van der Waals surface area contributed by atoms with E-state index in [1.54, 1.807) is 4.68 Å². The average Bonchev–Trinajstić information content (AvgIpc) is 3.41. The lowest BCUT2D eigenvalue weighted by Crippen LogP contribution is -2.36. The predicted octanol–water partition coefficient (Wildman–Crippen LogP) is 3.59. The summed E-state index contributed by atoms with van der Waals surface area (Å²) in [5.41, 5.74) is 4.45. The van der Waals surface area contributed by atoms with Gasteiger partial charge in [0.05, 0.1) is 11.7 Å². The van der Waals surface area contributed by atoms with Crippen molar-refractivity contribution in [3.05, 3.63) is 81.9 Å². The number of fused-ring (bicyclic) bond motifs is 1. The minimum absolute atomic E-state index is 0.0794. The Kier molecular flexibility index (Phi) is 6.10. The third-order valence-electron chi connectivity index (χ3n) is 6.90. The predicted molar refractivity (Wildman–Crippen MR) is 125 cm³/mol. The van der Waals surface area contributed by atoms with E-state index in [1.807, 2.05) is 38.2 Å². The Labute approximate surface area is 198 Å². The quantitative estimate of drug-likeness (QED) is 0.603. The lowest BCUT2D eigenvalue weighted by atomic mass is 9.96. The molecule has 0 bridgehead atoms. The van der Waals surface area contributed by atoms with Crippen LogP contribution in [0.4, 0.5) is 4.39 Å². The summed E-state index contributed by atoms with van der Waals surface area (Å²) in [7, 11) is 1.86. The molecule has 34 heavy (non-hydrogen) atoms. The Hall–Kier alpha value is -3.23. The molecule has 3 aromatic rings. The molecule has 5 rings (SSSR count). The summed E-state index contributed by atoms with van der Waals surface area (Å²) in [6.45, 7) is 4.91. The highest BCUT2D eigenvalue weighted by Gasteiger charge is 2.34. The molecule has 2 aromatic carbocycles. The van der Waals surface area contributed by atoms with Crippen LogP contribution in [-0.4, -0.2) is 44.9 Å². The number of ether oxygens (including phenoxy) is 1. The fourth-order valence-electron chi connectivity index (χ4n) is 4.96. The molecule has 1 fully saturated rings. The zero-order chi connectivity index (χ0) is 23.8.